The van der Waals surface area contributed by atoms with Gasteiger partial charge in [-0.3, -0.25) is 9.48 Å². The van der Waals surface area contributed by atoms with Crippen LogP contribution in [-0.4, -0.2) is 54.0 Å². The molecule has 0 unspecified atom stereocenters. The highest BCUT2D eigenvalue weighted by atomic mass is 19.1. The van der Waals surface area contributed by atoms with Crippen LogP contribution in [0.2, 0.25) is 0 Å². The number of aliphatic hydroxyl groups excluding tert-OH is 2. The number of ketones is 1. The highest BCUT2D eigenvalue weighted by Gasteiger charge is 2.39. The average molecular weight is 424 g/mol. The number of aliphatic hydroxyl groups is 2. The summed E-state index contributed by atoms with van der Waals surface area (Å²) in [6.45, 7) is 5.84. The van der Waals surface area contributed by atoms with E-state index in [4.69, 9.17) is 0 Å². The Morgan fingerprint density at radius 2 is 2.13 bits per heavy atom. The number of aromatic nitrogens is 4. The molecule has 0 spiro atoms. The third kappa shape index (κ3) is 4.33. The van der Waals surface area contributed by atoms with Crippen LogP contribution in [0.3, 0.4) is 0 Å². The van der Waals surface area contributed by atoms with Gasteiger partial charge >= 0.3 is 0 Å². The van der Waals surface area contributed by atoms with Crippen LogP contribution >= 0.6 is 0 Å². The van der Waals surface area contributed by atoms with E-state index in [1.165, 1.54) is 18.6 Å². The normalized spacial score (nSPS) is 23.1. The molecule has 8 nitrogen and oxygen atoms in total. The lowest BCUT2D eigenvalue weighted by atomic mass is 10.1. The van der Waals surface area contributed by atoms with Crippen molar-refractivity contribution in [3.05, 3.63) is 78.1 Å². The van der Waals surface area contributed by atoms with Gasteiger partial charge in [0.2, 0.25) is 5.78 Å². The van der Waals surface area contributed by atoms with Gasteiger partial charge in [0.25, 0.3) is 0 Å². The number of anilines is 1. The van der Waals surface area contributed by atoms with E-state index in [0.717, 1.165) is 5.56 Å². The minimum absolute atomic E-state index is 0.187. The number of nitrogens with zero attached hydrogens (tertiary/aromatic N) is 4. The molecule has 0 bridgehead atoms. The third-order valence-electron chi connectivity index (χ3n) is 5.53. The van der Waals surface area contributed by atoms with Crippen molar-refractivity contribution in [1.29, 1.82) is 0 Å². The highest BCUT2D eigenvalue weighted by Crippen LogP contribution is 2.29. The van der Waals surface area contributed by atoms with E-state index in [2.05, 4.69) is 27.3 Å². The first-order chi connectivity index (χ1) is 14.8. The molecule has 1 aromatic carbocycles. The molecule has 4 atom stereocenters. The van der Waals surface area contributed by atoms with E-state index < -0.39 is 24.0 Å². The molecule has 0 aliphatic heterocycles. The molecule has 1 radical (unpaired) electrons. The topological polar surface area (TPSA) is 113 Å². The third-order valence-corrected chi connectivity index (χ3v) is 5.53. The Morgan fingerprint density at radius 1 is 1.32 bits per heavy atom. The van der Waals surface area contributed by atoms with Crippen molar-refractivity contribution in [2.45, 2.75) is 38.1 Å². The molecule has 1 fully saturated rings. The number of rotatable bonds is 6. The zero-order chi connectivity index (χ0) is 22.1. The molecule has 3 aromatic rings. The van der Waals surface area contributed by atoms with Gasteiger partial charge in [-0.2, -0.15) is 5.10 Å². The monoisotopic (exact) mass is 424 g/mol. The Kier molecular flexibility index (Phi) is 5.79. The van der Waals surface area contributed by atoms with Gasteiger partial charge in [0.15, 0.2) is 0 Å². The molecule has 9 heteroatoms. The van der Waals surface area contributed by atoms with Crippen LogP contribution in [0, 0.1) is 25.6 Å². The first-order valence-electron chi connectivity index (χ1n) is 9.92. The number of halogens is 1. The lowest BCUT2D eigenvalue weighted by molar-refractivity contribution is 0.0256. The number of aryl methyl sites for hydroxylation is 1. The maximum Gasteiger partial charge on any atom is 0.218 e. The lowest BCUT2D eigenvalue weighted by Crippen LogP contribution is -2.35. The molecule has 161 valence electrons. The van der Waals surface area contributed by atoms with Crippen LogP contribution in [0.4, 0.5) is 10.2 Å². The van der Waals surface area contributed by atoms with Crippen molar-refractivity contribution in [3.8, 4) is 0 Å². The summed E-state index contributed by atoms with van der Waals surface area (Å²) < 4.78 is 15.3. The highest BCUT2D eigenvalue weighted by molar-refractivity contribution is 6.10. The maximum absolute atomic E-state index is 13.8. The van der Waals surface area contributed by atoms with Crippen molar-refractivity contribution in [2.75, 3.05) is 5.32 Å². The summed E-state index contributed by atoms with van der Waals surface area (Å²) >= 11 is 0. The predicted octanol–water partition coefficient (Wildman–Crippen LogP) is 1.76. The largest absolute Gasteiger partial charge is 0.390 e. The Bertz CT molecular complexity index is 1100. The molecule has 0 amide bonds. The van der Waals surface area contributed by atoms with Gasteiger partial charge in [-0.25, -0.2) is 14.4 Å². The van der Waals surface area contributed by atoms with Gasteiger partial charge in [0.05, 0.1) is 24.3 Å². The van der Waals surface area contributed by atoms with E-state index in [-0.39, 0.29) is 28.8 Å². The van der Waals surface area contributed by atoms with Crippen LogP contribution in [0.15, 0.2) is 43.0 Å². The molecule has 0 saturated heterocycles. The summed E-state index contributed by atoms with van der Waals surface area (Å²) in [4.78, 5) is 21.1. The Morgan fingerprint density at radius 3 is 2.84 bits per heavy atom. The Labute approximate surface area is 178 Å². The molecule has 2 aromatic heterocycles. The molecule has 31 heavy (non-hydrogen) atoms. The summed E-state index contributed by atoms with van der Waals surface area (Å²) in [6.07, 6.45) is 2.79. The van der Waals surface area contributed by atoms with E-state index in [1.54, 1.807) is 29.9 Å². The quantitative estimate of drug-likeness (QED) is 0.517. The second-order valence-corrected chi connectivity index (χ2v) is 7.82. The van der Waals surface area contributed by atoms with E-state index in [0.29, 0.717) is 18.5 Å². The number of hydrogen-bond acceptors (Lipinski definition) is 7. The van der Waals surface area contributed by atoms with Crippen molar-refractivity contribution in [3.63, 3.8) is 0 Å². The Hall–Kier alpha value is -3.17. The standard InChI is InChI=1S/C22H23FN5O3/c1-12-3-4-14(8-16(12)23)10-28-6-5-17(27-28)20(30)15-9-24-11-25-22(15)26-18-7-13(2)19(29)21(18)31/h3-6,8-9,11,13,18-19,21,29,31H,2,7,10H2,1H3,(H,24,25,26)/t13-,18-,19-,21+/m1/s1. The van der Waals surface area contributed by atoms with Gasteiger partial charge in [-0.1, -0.05) is 12.1 Å². The number of carbonyl (C=O) groups excluding carboxylic acids is 1. The molecular formula is C22H23FN5O3. The maximum atomic E-state index is 13.8. The zero-order valence-electron chi connectivity index (χ0n) is 16.9. The SMILES string of the molecule is [CH2][C@@H]1C[C@@H](Nc2ncncc2C(=O)c2ccn(Cc3ccc(C)c(F)c3)n2)[C@H](O)[C@@H]1O. The van der Waals surface area contributed by atoms with Gasteiger partial charge in [0.1, 0.15) is 29.8 Å². The van der Waals surface area contributed by atoms with Gasteiger partial charge < -0.3 is 15.5 Å². The minimum Gasteiger partial charge on any atom is -0.390 e. The van der Waals surface area contributed by atoms with Gasteiger partial charge in [-0.15, -0.1) is 0 Å². The summed E-state index contributed by atoms with van der Waals surface area (Å²) in [6, 6.07) is 6.04. The van der Waals surface area contributed by atoms with Crippen molar-refractivity contribution < 1.29 is 19.4 Å². The second kappa shape index (κ2) is 8.52. The summed E-state index contributed by atoms with van der Waals surface area (Å²) in [5.41, 5.74) is 1.68. The molecule has 4 rings (SSSR count). The van der Waals surface area contributed by atoms with Crippen LogP contribution in [0.5, 0.6) is 0 Å². The summed E-state index contributed by atoms with van der Waals surface area (Å²) in [7, 11) is 0. The van der Waals surface area contributed by atoms with Crippen LogP contribution in [0.25, 0.3) is 0 Å². The first-order valence-corrected chi connectivity index (χ1v) is 9.92. The van der Waals surface area contributed by atoms with E-state index in [1.807, 2.05) is 6.07 Å². The number of hydrogen-bond donors (Lipinski definition) is 3. The summed E-state index contributed by atoms with van der Waals surface area (Å²) in [5, 5.41) is 27.5. The van der Waals surface area contributed by atoms with Crippen LogP contribution in [-0.2, 0) is 6.54 Å². The van der Waals surface area contributed by atoms with E-state index >= 15 is 0 Å². The first kappa shape index (κ1) is 21.1. The number of benzene rings is 1. The molecular weight excluding hydrogens is 401 g/mol. The van der Waals surface area contributed by atoms with Crippen molar-refractivity contribution >= 4 is 11.6 Å². The van der Waals surface area contributed by atoms with Gasteiger partial charge in [-0.05, 0) is 49.4 Å². The molecule has 1 aliphatic carbocycles. The van der Waals surface area contributed by atoms with Crippen molar-refractivity contribution in [2.24, 2.45) is 5.92 Å². The fourth-order valence-corrected chi connectivity index (χ4v) is 3.68. The van der Waals surface area contributed by atoms with Crippen LogP contribution < -0.4 is 5.32 Å². The fourth-order valence-electron chi connectivity index (χ4n) is 3.68. The predicted molar refractivity (Wildman–Crippen MR) is 111 cm³/mol. The minimum atomic E-state index is -1.02. The lowest BCUT2D eigenvalue weighted by Gasteiger charge is -2.19. The second-order valence-electron chi connectivity index (χ2n) is 7.82. The average Bonchev–Trinajstić information content (AvgIpc) is 3.31. The fraction of sp³-hybridized carbons (Fsp3) is 0.318. The molecule has 1 aliphatic rings. The summed E-state index contributed by atoms with van der Waals surface area (Å²) in [5.74, 6) is -0.755. The molecule has 3 N–H and O–H groups in total. The van der Waals surface area contributed by atoms with Gasteiger partial charge in [0, 0.05) is 12.4 Å². The molecule has 2 heterocycles. The van der Waals surface area contributed by atoms with E-state index in [9.17, 15) is 19.4 Å². The Balaban J connectivity index is 1.52. The number of carbonyl (C=O) groups is 1. The zero-order valence-corrected chi connectivity index (χ0v) is 16.9. The van der Waals surface area contributed by atoms with Crippen LogP contribution in [0.1, 0.15) is 33.6 Å². The molecule has 1 saturated carbocycles. The smallest absolute Gasteiger partial charge is 0.218 e. The van der Waals surface area contributed by atoms with Crippen molar-refractivity contribution in [1.82, 2.24) is 19.7 Å². The number of nitrogens with one attached hydrogen (secondary N) is 1.